The first-order chi connectivity index (χ1) is 11.6. The van der Waals surface area contributed by atoms with E-state index >= 15 is 0 Å². The van der Waals surface area contributed by atoms with Crippen LogP contribution in [0.5, 0.6) is 0 Å². The third-order valence-electron chi connectivity index (χ3n) is 4.68. The highest BCUT2D eigenvalue weighted by Gasteiger charge is 2.40. The van der Waals surface area contributed by atoms with E-state index < -0.39 is 18.5 Å². The van der Waals surface area contributed by atoms with Crippen LogP contribution < -0.4 is 10.6 Å². The van der Waals surface area contributed by atoms with Crippen molar-refractivity contribution in [1.29, 1.82) is 0 Å². The molecule has 1 aliphatic rings. The van der Waals surface area contributed by atoms with Gasteiger partial charge in [-0.2, -0.15) is 0 Å². The van der Waals surface area contributed by atoms with E-state index in [2.05, 4.69) is 13.8 Å². The predicted octanol–water partition coefficient (Wildman–Crippen LogP) is 3.18. The average molecular weight is 352 g/mol. The van der Waals surface area contributed by atoms with Gasteiger partial charge in [0.25, 0.3) is 0 Å². The van der Waals surface area contributed by atoms with Crippen LogP contribution in [0.4, 0.5) is 11.4 Å². The molecule has 0 spiro atoms. The first kappa shape index (κ1) is 20.0. The minimum atomic E-state index is -1.51. The normalized spacial score (nSPS) is 21.3. The summed E-state index contributed by atoms with van der Waals surface area (Å²) in [5.41, 5.74) is 8.72. The van der Waals surface area contributed by atoms with Gasteiger partial charge in [-0.15, -0.1) is 0 Å². The Balaban J connectivity index is 2.20. The maximum absolute atomic E-state index is 11.0. The van der Waals surface area contributed by atoms with Gasteiger partial charge in [-0.1, -0.05) is 13.8 Å². The van der Waals surface area contributed by atoms with Crippen LogP contribution in [0, 0.1) is 0 Å². The van der Waals surface area contributed by atoms with Gasteiger partial charge in [-0.3, -0.25) is 0 Å². The number of hydrogen-bond acceptors (Lipinski definition) is 6. The highest BCUT2D eigenvalue weighted by Crippen LogP contribution is 2.43. The summed E-state index contributed by atoms with van der Waals surface area (Å²) in [4.78, 5) is 1.86. The van der Waals surface area contributed by atoms with E-state index in [4.69, 9.17) is 19.9 Å². The number of nitrogens with zero attached hydrogens (tertiary/aromatic N) is 1. The minimum Gasteiger partial charge on any atom is -0.399 e. The molecular formula is C19H32N2O4. The van der Waals surface area contributed by atoms with Crippen molar-refractivity contribution in [3.8, 4) is 0 Å². The van der Waals surface area contributed by atoms with Crippen molar-refractivity contribution in [3.63, 3.8) is 0 Å². The minimum absolute atomic E-state index is 0.0110. The number of aliphatic hydroxyl groups is 1. The summed E-state index contributed by atoms with van der Waals surface area (Å²) in [5.74, 6) is -1.51. The number of fused-ring (bicyclic) bond motifs is 1. The van der Waals surface area contributed by atoms with Crippen molar-refractivity contribution in [3.05, 3.63) is 23.8 Å². The highest BCUT2D eigenvalue weighted by molar-refractivity contribution is 5.64. The molecule has 2 rings (SSSR count). The maximum Gasteiger partial charge on any atom is 0.248 e. The van der Waals surface area contributed by atoms with Crippen LogP contribution in [0.2, 0.25) is 0 Å². The average Bonchev–Trinajstić information content (AvgIpc) is 2.47. The number of benzene rings is 1. The molecule has 1 heterocycles. The number of rotatable bonds is 7. The van der Waals surface area contributed by atoms with E-state index in [9.17, 15) is 5.11 Å². The van der Waals surface area contributed by atoms with Gasteiger partial charge in [0.15, 0.2) is 12.6 Å². The Morgan fingerprint density at radius 2 is 2.00 bits per heavy atom. The highest BCUT2D eigenvalue weighted by atomic mass is 16.8. The lowest BCUT2D eigenvalue weighted by Gasteiger charge is -2.47. The lowest BCUT2D eigenvalue weighted by molar-refractivity contribution is -0.310. The molecule has 1 aromatic rings. The molecule has 0 amide bonds. The van der Waals surface area contributed by atoms with E-state index in [0.29, 0.717) is 13.2 Å². The topological polar surface area (TPSA) is 77.2 Å². The number of ether oxygens (including phenoxy) is 3. The molecular weight excluding hydrogens is 320 g/mol. The van der Waals surface area contributed by atoms with Crippen LogP contribution >= 0.6 is 0 Å². The van der Waals surface area contributed by atoms with Crippen molar-refractivity contribution < 1.29 is 19.3 Å². The molecule has 3 unspecified atom stereocenters. The molecule has 0 bridgehead atoms. The molecule has 6 heteroatoms. The second kappa shape index (κ2) is 7.50. The van der Waals surface area contributed by atoms with Gasteiger partial charge >= 0.3 is 0 Å². The molecule has 0 aliphatic carbocycles. The SMILES string of the molecule is CCOC(C)OC(C)OC(C)(O)N1CCC(C)(C)c2cc(N)ccc21. The lowest BCUT2D eigenvalue weighted by atomic mass is 9.77. The third-order valence-corrected chi connectivity index (χ3v) is 4.68. The molecule has 3 atom stereocenters. The maximum atomic E-state index is 11.0. The largest absolute Gasteiger partial charge is 0.399 e. The zero-order valence-electron chi connectivity index (χ0n) is 16.2. The van der Waals surface area contributed by atoms with Crippen molar-refractivity contribution in [1.82, 2.24) is 0 Å². The van der Waals surface area contributed by atoms with E-state index in [1.807, 2.05) is 30.0 Å². The molecule has 1 aliphatic heterocycles. The van der Waals surface area contributed by atoms with E-state index in [1.54, 1.807) is 20.8 Å². The van der Waals surface area contributed by atoms with Crippen LogP contribution in [0.15, 0.2) is 18.2 Å². The standard InChI is InChI=1S/C19H32N2O4/c1-7-23-13(2)24-14(3)25-19(6,22)21-11-10-18(4,5)16-12-15(20)8-9-17(16)21/h8-9,12-14,22H,7,10-11,20H2,1-6H3. The number of anilines is 2. The molecule has 25 heavy (non-hydrogen) atoms. The van der Waals surface area contributed by atoms with Crippen LogP contribution in [-0.4, -0.2) is 36.7 Å². The van der Waals surface area contributed by atoms with Gasteiger partial charge in [-0.25, -0.2) is 0 Å². The fourth-order valence-corrected chi connectivity index (χ4v) is 3.36. The summed E-state index contributed by atoms with van der Waals surface area (Å²) in [7, 11) is 0. The smallest absolute Gasteiger partial charge is 0.248 e. The van der Waals surface area contributed by atoms with Gasteiger partial charge < -0.3 is 30.0 Å². The number of nitrogen functional groups attached to an aromatic ring is 1. The molecule has 0 aromatic heterocycles. The number of nitrogens with two attached hydrogens (primary N) is 1. The van der Waals surface area contributed by atoms with Crippen molar-refractivity contribution >= 4 is 11.4 Å². The first-order valence-electron chi connectivity index (χ1n) is 8.91. The molecule has 0 saturated carbocycles. The second-order valence-corrected chi connectivity index (χ2v) is 7.34. The van der Waals surface area contributed by atoms with Gasteiger partial charge in [0.1, 0.15) is 0 Å². The van der Waals surface area contributed by atoms with E-state index in [1.165, 1.54) is 0 Å². The molecule has 0 saturated heterocycles. The summed E-state index contributed by atoms with van der Waals surface area (Å²) in [6, 6.07) is 5.77. The van der Waals surface area contributed by atoms with Crippen LogP contribution in [0.3, 0.4) is 0 Å². The Labute approximate surface area is 150 Å². The zero-order valence-corrected chi connectivity index (χ0v) is 16.2. The molecule has 0 fully saturated rings. The Bertz CT molecular complexity index is 589. The fraction of sp³-hybridized carbons (Fsp3) is 0.684. The quantitative estimate of drug-likeness (QED) is 0.580. The third kappa shape index (κ3) is 4.64. The molecule has 1 aromatic carbocycles. The fourth-order valence-electron chi connectivity index (χ4n) is 3.36. The van der Waals surface area contributed by atoms with Gasteiger partial charge in [-0.05, 0) is 56.4 Å². The van der Waals surface area contributed by atoms with Crippen molar-refractivity contribution in [2.24, 2.45) is 0 Å². The van der Waals surface area contributed by atoms with Gasteiger partial charge in [0.05, 0.1) is 0 Å². The molecule has 0 radical (unpaired) electrons. The summed E-state index contributed by atoms with van der Waals surface area (Å²) in [6.45, 7) is 12.7. The zero-order chi connectivity index (χ0) is 18.8. The summed E-state index contributed by atoms with van der Waals surface area (Å²) in [6.07, 6.45) is -0.139. The van der Waals surface area contributed by atoms with E-state index in [0.717, 1.165) is 23.4 Å². The summed E-state index contributed by atoms with van der Waals surface area (Å²) >= 11 is 0. The molecule has 3 N–H and O–H groups in total. The molecule has 6 nitrogen and oxygen atoms in total. The first-order valence-corrected chi connectivity index (χ1v) is 8.91. The van der Waals surface area contributed by atoms with E-state index in [-0.39, 0.29) is 5.41 Å². The Hall–Kier alpha value is -1.34. The van der Waals surface area contributed by atoms with Crippen molar-refractivity contribution in [2.75, 3.05) is 23.8 Å². The summed E-state index contributed by atoms with van der Waals surface area (Å²) < 4.78 is 16.8. The van der Waals surface area contributed by atoms with Crippen LogP contribution in [0.1, 0.15) is 53.5 Å². The second-order valence-electron chi connectivity index (χ2n) is 7.34. The predicted molar refractivity (Wildman–Crippen MR) is 99.2 cm³/mol. The lowest BCUT2D eigenvalue weighted by Crippen LogP contribution is -2.54. The number of hydrogen-bond donors (Lipinski definition) is 2. The van der Waals surface area contributed by atoms with Crippen molar-refractivity contribution in [2.45, 2.75) is 71.9 Å². The van der Waals surface area contributed by atoms with Crippen LogP contribution in [0.25, 0.3) is 0 Å². The monoisotopic (exact) mass is 352 g/mol. The van der Waals surface area contributed by atoms with Gasteiger partial charge in [0.2, 0.25) is 5.91 Å². The Kier molecular flexibility index (Phi) is 5.99. The summed E-state index contributed by atoms with van der Waals surface area (Å²) in [5, 5.41) is 11.0. The van der Waals surface area contributed by atoms with Crippen LogP contribution in [-0.2, 0) is 19.6 Å². The van der Waals surface area contributed by atoms with Gasteiger partial charge in [0, 0.05) is 31.5 Å². The Morgan fingerprint density at radius 1 is 1.32 bits per heavy atom. The molecule has 142 valence electrons. The Morgan fingerprint density at radius 3 is 2.64 bits per heavy atom.